The minimum Gasteiger partial charge on any atom is -0.339 e. The minimum absolute atomic E-state index is 0.750. The second-order valence-electron chi connectivity index (χ2n) is 4.85. The van der Waals surface area contributed by atoms with Gasteiger partial charge in [0.2, 0.25) is 0 Å². The fourth-order valence-corrected chi connectivity index (χ4v) is 2.66. The van der Waals surface area contributed by atoms with Gasteiger partial charge in [0.25, 0.3) is 0 Å². The quantitative estimate of drug-likeness (QED) is 0.687. The third-order valence-electron chi connectivity index (χ3n) is 3.66. The number of hydrogen-bond donors (Lipinski definition) is 1. The summed E-state index contributed by atoms with van der Waals surface area (Å²) in [4.78, 5) is 12.1. The second kappa shape index (κ2) is 3.06. The molecule has 1 N–H and O–H groups in total. The summed E-state index contributed by atoms with van der Waals surface area (Å²) < 4.78 is 0. The van der Waals surface area contributed by atoms with Crippen LogP contribution in [-0.2, 0) is 0 Å². The van der Waals surface area contributed by atoms with E-state index < -0.39 is 0 Å². The lowest BCUT2D eigenvalue weighted by Gasteiger charge is -1.99. The van der Waals surface area contributed by atoms with E-state index in [1.807, 2.05) is 6.92 Å². The van der Waals surface area contributed by atoms with Gasteiger partial charge in [0.1, 0.15) is 12.0 Å². The number of nitrogens with zero attached hydrogens (tertiary/aromatic N) is 2. The van der Waals surface area contributed by atoms with E-state index in [1.165, 1.54) is 34.7 Å². The van der Waals surface area contributed by atoms with Gasteiger partial charge in [-0.05, 0) is 31.2 Å². The first-order valence-electron chi connectivity index (χ1n) is 6.06. The molecule has 2 aromatic heterocycles. The van der Waals surface area contributed by atoms with Gasteiger partial charge in [-0.25, -0.2) is 9.97 Å². The molecule has 1 aromatic carbocycles. The van der Waals surface area contributed by atoms with E-state index in [0.29, 0.717) is 0 Å². The van der Waals surface area contributed by atoms with Gasteiger partial charge in [-0.15, -0.1) is 0 Å². The highest BCUT2D eigenvalue weighted by atomic mass is 14.9. The lowest BCUT2D eigenvalue weighted by molar-refractivity contribution is 1.13. The maximum Gasteiger partial charge on any atom is 0.142 e. The number of aromatic amines is 1. The maximum atomic E-state index is 4.33. The van der Waals surface area contributed by atoms with Crippen molar-refractivity contribution in [1.82, 2.24) is 15.0 Å². The van der Waals surface area contributed by atoms with E-state index in [1.54, 1.807) is 6.33 Å². The van der Waals surface area contributed by atoms with Crippen LogP contribution in [0.1, 0.15) is 30.0 Å². The van der Waals surface area contributed by atoms with E-state index >= 15 is 0 Å². The summed E-state index contributed by atoms with van der Waals surface area (Å²) in [5, 5.41) is 2.44. The van der Waals surface area contributed by atoms with Crippen molar-refractivity contribution in [2.24, 2.45) is 0 Å². The summed E-state index contributed by atoms with van der Waals surface area (Å²) in [7, 11) is 0. The van der Waals surface area contributed by atoms with Crippen LogP contribution in [0.4, 0.5) is 0 Å². The van der Waals surface area contributed by atoms with Crippen molar-refractivity contribution in [2.45, 2.75) is 25.7 Å². The highest BCUT2D eigenvalue weighted by Crippen LogP contribution is 2.43. The molecular formula is C14H13N3. The molecule has 0 spiro atoms. The maximum absolute atomic E-state index is 4.33. The Bertz CT molecular complexity index is 723. The van der Waals surface area contributed by atoms with Crippen LogP contribution in [0.15, 0.2) is 24.5 Å². The standard InChI is InChI=1S/C14H13N3/c1-8-12-11-4-2-3-10(9-5-6-9)13(11)17-14(12)16-7-15-8/h2-4,7,9H,5-6H2,1H3,(H,15,16,17). The molecule has 1 saturated carbocycles. The first kappa shape index (κ1) is 9.16. The highest BCUT2D eigenvalue weighted by molar-refractivity contribution is 6.08. The van der Waals surface area contributed by atoms with Crippen molar-refractivity contribution < 1.29 is 0 Å². The highest BCUT2D eigenvalue weighted by Gasteiger charge is 2.26. The normalized spacial score (nSPS) is 15.8. The van der Waals surface area contributed by atoms with Crippen molar-refractivity contribution in [3.05, 3.63) is 35.8 Å². The second-order valence-corrected chi connectivity index (χ2v) is 4.85. The minimum atomic E-state index is 0.750. The largest absolute Gasteiger partial charge is 0.339 e. The number of nitrogens with one attached hydrogen (secondary N) is 1. The Morgan fingerprint density at radius 2 is 2.12 bits per heavy atom. The summed E-state index contributed by atoms with van der Waals surface area (Å²) in [6.45, 7) is 2.04. The molecule has 3 heteroatoms. The number of benzene rings is 1. The zero-order valence-corrected chi connectivity index (χ0v) is 9.70. The Morgan fingerprint density at radius 1 is 1.24 bits per heavy atom. The molecule has 2 heterocycles. The van der Waals surface area contributed by atoms with Gasteiger partial charge < -0.3 is 4.98 Å². The zero-order chi connectivity index (χ0) is 11.4. The van der Waals surface area contributed by atoms with Crippen molar-refractivity contribution in [3.8, 4) is 0 Å². The summed E-state index contributed by atoms with van der Waals surface area (Å²) in [6, 6.07) is 6.55. The fraction of sp³-hybridized carbons (Fsp3) is 0.286. The van der Waals surface area contributed by atoms with Gasteiger partial charge in [-0.3, -0.25) is 0 Å². The Kier molecular flexibility index (Phi) is 1.65. The molecule has 0 radical (unpaired) electrons. The molecule has 3 nitrogen and oxygen atoms in total. The molecule has 4 rings (SSSR count). The van der Waals surface area contributed by atoms with Gasteiger partial charge in [-0.1, -0.05) is 18.2 Å². The summed E-state index contributed by atoms with van der Waals surface area (Å²) in [6.07, 6.45) is 4.27. The van der Waals surface area contributed by atoms with Gasteiger partial charge in [0.15, 0.2) is 0 Å². The number of rotatable bonds is 1. The molecular weight excluding hydrogens is 210 g/mol. The number of aryl methyl sites for hydroxylation is 1. The first-order valence-corrected chi connectivity index (χ1v) is 6.06. The van der Waals surface area contributed by atoms with Crippen LogP contribution < -0.4 is 0 Å². The molecule has 0 unspecified atom stereocenters. The lowest BCUT2D eigenvalue weighted by Crippen LogP contribution is -1.83. The molecule has 0 aliphatic heterocycles. The van der Waals surface area contributed by atoms with Gasteiger partial charge in [0, 0.05) is 10.8 Å². The number of fused-ring (bicyclic) bond motifs is 3. The topological polar surface area (TPSA) is 41.6 Å². The van der Waals surface area contributed by atoms with Crippen LogP contribution in [0.3, 0.4) is 0 Å². The SMILES string of the molecule is Cc1ncnc2[nH]c3c(C4CC4)cccc3c12. The van der Waals surface area contributed by atoms with Gasteiger partial charge >= 0.3 is 0 Å². The summed E-state index contributed by atoms with van der Waals surface area (Å²) in [5.74, 6) is 0.750. The third-order valence-corrected chi connectivity index (χ3v) is 3.66. The summed E-state index contributed by atoms with van der Waals surface area (Å²) in [5.41, 5.74) is 4.71. The van der Waals surface area contributed by atoms with E-state index in [-0.39, 0.29) is 0 Å². The molecule has 3 aromatic rings. The molecule has 0 atom stereocenters. The molecule has 1 aliphatic carbocycles. The monoisotopic (exact) mass is 223 g/mol. The zero-order valence-electron chi connectivity index (χ0n) is 9.70. The Labute approximate surface area is 98.9 Å². The molecule has 0 bridgehead atoms. The number of H-pyrrole nitrogens is 1. The average molecular weight is 223 g/mol. The third kappa shape index (κ3) is 1.22. The summed E-state index contributed by atoms with van der Waals surface area (Å²) >= 11 is 0. The number of hydrogen-bond acceptors (Lipinski definition) is 2. The van der Waals surface area contributed by atoms with Crippen LogP contribution in [-0.4, -0.2) is 15.0 Å². The van der Waals surface area contributed by atoms with E-state index in [2.05, 4.69) is 33.2 Å². The van der Waals surface area contributed by atoms with Gasteiger partial charge in [0.05, 0.1) is 11.2 Å². The van der Waals surface area contributed by atoms with Crippen molar-refractivity contribution >= 4 is 21.9 Å². The van der Waals surface area contributed by atoms with Crippen LogP contribution in [0.2, 0.25) is 0 Å². The van der Waals surface area contributed by atoms with Crippen molar-refractivity contribution in [1.29, 1.82) is 0 Å². The Morgan fingerprint density at radius 3 is 2.94 bits per heavy atom. The number of aromatic nitrogens is 3. The van der Waals surface area contributed by atoms with E-state index in [4.69, 9.17) is 0 Å². The lowest BCUT2D eigenvalue weighted by atomic mass is 10.1. The fourth-order valence-electron chi connectivity index (χ4n) is 2.66. The van der Waals surface area contributed by atoms with Gasteiger partial charge in [-0.2, -0.15) is 0 Å². The van der Waals surface area contributed by atoms with Crippen LogP contribution in [0.5, 0.6) is 0 Å². The molecule has 1 fully saturated rings. The number of para-hydroxylation sites is 1. The van der Waals surface area contributed by atoms with Crippen LogP contribution in [0.25, 0.3) is 21.9 Å². The molecule has 1 aliphatic rings. The molecule has 84 valence electrons. The van der Waals surface area contributed by atoms with E-state index in [0.717, 1.165) is 17.3 Å². The van der Waals surface area contributed by atoms with Crippen LogP contribution >= 0.6 is 0 Å². The smallest absolute Gasteiger partial charge is 0.142 e. The van der Waals surface area contributed by atoms with Crippen molar-refractivity contribution in [3.63, 3.8) is 0 Å². The average Bonchev–Trinajstić information content (AvgIpc) is 3.09. The Hall–Kier alpha value is -1.90. The predicted octanol–water partition coefficient (Wildman–Crippen LogP) is 3.30. The first-order chi connectivity index (χ1) is 8.34. The molecule has 17 heavy (non-hydrogen) atoms. The Balaban J connectivity index is 2.19. The van der Waals surface area contributed by atoms with Crippen molar-refractivity contribution in [2.75, 3.05) is 0 Å². The van der Waals surface area contributed by atoms with Crippen LogP contribution in [0, 0.1) is 6.92 Å². The molecule has 0 saturated heterocycles. The molecule has 0 amide bonds. The van der Waals surface area contributed by atoms with E-state index in [9.17, 15) is 0 Å². The predicted molar refractivity (Wildman–Crippen MR) is 68.1 cm³/mol.